The van der Waals surface area contributed by atoms with E-state index in [9.17, 15) is 0 Å². The molecule has 8 rings (SSSR count). The molecule has 0 aromatic heterocycles. The standard InChI is InChI=1S/C31H28.2C7H8.C2H6/c1-19-9-5-7-11-23(19)25-17-27-28-18-26-22(14-13-21-10-6-8-12-24(21)26)16-30(28)31(3,4)29(27)15-20(25)2;2*1-7-5-3-2-4-6-7;1-2/h5-12,15-18H,13-14H2,1-4H3;2*2-6H,1H3;1-2H3. The van der Waals surface area contributed by atoms with E-state index in [2.05, 4.69) is 139 Å². The lowest BCUT2D eigenvalue weighted by Gasteiger charge is -2.25. The molecule has 0 heteroatoms. The summed E-state index contributed by atoms with van der Waals surface area (Å²) in [7, 11) is 0. The van der Waals surface area contributed by atoms with Gasteiger partial charge in [-0.3, -0.25) is 0 Å². The molecule has 0 bridgehead atoms. The third kappa shape index (κ3) is 7.18. The molecule has 0 nitrogen and oxygen atoms in total. The molecule has 0 fully saturated rings. The van der Waals surface area contributed by atoms with Gasteiger partial charge < -0.3 is 0 Å². The smallest absolute Gasteiger partial charge is 0.0159 e. The Bertz CT molecular complexity index is 1880. The van der Waals surface area contributed by atoms with Crippen LogP contribution in [0.15, 0.2) is 133 Å². The SMILES string of the molecule is CC.Cc1ccccc1.Cc1ccccc1.Cc1ccccc1-c1cc2c(cc1C)C(C)(C)c1cc3c(cc1-2)-c1ccccc1CC3. The van der Waals surface area contributed by atoms with Crippen molar-refractivity contribution in [2.45, 2.75) is 73.6 Å². The minimum absolute atomic E-state index is 0.0334. The molecule has 0 atom stereocenters. The van der Waals surface area contributed by atoms with Crippen molar-refractivity contribution in [3.8, 4) is 33.4 Å². The third-order valence-electron chi connectivity index (χ3n) is 9.53. The third-order valence-corrected chi connectivity index (χ3v) is 9.53. The molecule has 2 aliphatic carbocycles. The average molecular weight is 615 g/mol. The van der Waals surface area contributed by atoms with Gasteiger partial charge in [0.25, 0.3) is 0 Å². The van der Waals surface area contributed by atoms with Crippen molar-refractivity contribution in [2.24, 2.45) is 0 Å². The normalized spacial score (nSPS) is 12.7. The van der Waals surface area contributed by atoms with E-state index in [0.29, 0.717) is 0 Å². The zero-order valence-electron chi connectivity index (χ0n) is 29.6. The molecule has 0 unspecified atom stereocenters. The molecule has 0 heterocycles. The molecule has 238 valence electrons. The molecule has 6 aromatic rings. The first kappa shape index (κ1) is 33.7. The first-order valence-corrected chi connectivity index (χ1v) is 17.2. The maximum Gasteiger partial charge on any atom is 0.0159 e. The number of aryl methyl sites for hydroxylation is 6. The second kappa shape index (κ2) is 14.8. The monoisotopic (exact) mass is 614 g/mol. The van der Waals surface area contributed by atoms with Gasteiger partial charge in [0.1, 0.15) is 0 Å². The Morgan fingerprint density at radius 1 is 0.383 bits per heavy atom. The Hall–Kier alpha value is -4.68. The van der Waals surface area contributed by atoms with Crippen molar-refractivity contribution in [2.75, 3.05) is 0 Å². The van der Waals surface area contributed by atoms with Crippen molar-refractivity contribution in [3.63, 3.8) is 0 Å². The highest BCUT2D eigenvalue weighted by molar-refractivity contribution is 5.90. The molecule has 0 saturated carbocycles. The predicted octanol–water partition coefficient (Wildman–Crippen LogP) is 13.1. The fourth-order valence-corrected chi connectivity index (χ4v) is 6.94. The lowest BCUT2D eigenvalue weighted by Crippen LogP contribution is -2.16. The van der Waals surface area contributed by atoms with Gasteiger partial charge in [0.15, 0.2) is 0 Å². The predicted molar refractivity (Wildman–Crippen MR) is 205 cm³/mol. The lowest BCUT2D eigenvalue weighted by atomic mass is 9.78. The van der Waals surface area contributed by atoms with Crippen LogP contribution in [0.4, 0.5) is 0 Å². The maximum absolute atomic E-state index is 2.52. The summed E-state index contributed by atoms with van der Waals surface area (Å²) in [4.78, 5) is 0. The van der Waals surface area contributed by atoms with Crippen molar-refractivity contribution in [1.82, 2.24) is 0 Å². The van der Waals surface area contributed by atoms with Crippen LogP contribution >= 0.6 is 0 Å². The van der Waals surface area contributed by atoms with E-state index in [-0.39, 0.29) is 5.41 Å². The number of benzene rings is 6. The van der Waals surface area contributed by atoms with Crippen LogP contribution in [0.2, 0.25) is 0 Å². The number of fused-ring (bicyclic) bond motifs is 6. The van der Waals surface area contributed by atoms with Gasteiger partial charge in [0.2, 0.25) is 0 Å². The Balaban J connectivity index is 0.000000223. The van der Waals surface area contributed by atoms with Crippen molar-refractivity contribution in [3.05, 3.63) is 178 Å². The van der Waals surface area contributed by atoms with E-state index in [1.165, 1.54) is 77.9 Å². The Morgan fingerprint density at radius 3 is 1.40 bits per heavy atom. The molecule has 0 saturated heterocycles. The molecule has 0 N–H and O–H groups in total. The molecule has 0 radical (unpaired) electrons. The van der Waals surface area contributed by atoms with Crippen LogP contribution < -0.4 is 0 Å². The van der Waals surface area contributed by atoms with Gasteiger partial charge in [0.05, 0.1) is 0 Å². The van der Waals surface area contributed by atoms with E-state index in [4.69, 9.17) is 0 Å². The Kier molecular flexibility index (Phi) is 10.6. The van der Waals surface area contributed by atoms with E-state index >= 15 is 0 Å². The first-order valence-electron chi connectivity index (χ1n) is 17.2. The van der Waals surface area contributed by atoms with Crippen LogP contribution in [0.3, 0.4) is 0 Å². The largest absolute Gasteiger partial charge is 0.0683 e. The highest BCUT2D eigenvalue weighted by atomic mass is 14.4. The van der Waals surface area contributed by atoms with E-state index in [0.717, 1.165) is 12.8 Å². The number of hydrogen-bond donors (Lipinski definition) is 0. The van der Waals surface area contributed by atoms with Crippen LogP contribution in [0.5, 0.6) is 0 Å². The van der Waals surface area contributed by atoms with E-state index in [1.54, 1.807) is 0 Å². The van der Waals surface area contributed by atoms with Crippen molar-refractivity contribution >= 4 is 0 Å². The summed E-state index contributed by atoms with van der Waals surface area (Å²) in [6.07, 6.45) is 2.28. The second-order valence-corrected chi connectivity index (χ2v) is 13.2. The van der Waals surface area contributed by atoms with Gasteiger partial charge in [0, 0.05) is 5.41 Å². The fraction of sp³-hybridized carbons (Fsp3) is 0.234. The second-order valence-electron chi connectivity index (χ2n) is 13.2. The summed E-state index contributed by atoms with van der Waals surface area (Å²) in [6.45, 7) is 17.4. The van der Waals surface area contributed by atoms with Crippen LogP contribution in [-0.4, -0.2) is 0 Å². The average Bonchev–Trinajstić information content (AvgIpc) is 3.30. The van der Waals surface area contributed by atoms with E-state index < -0.39 is 0 Å². The lowest BCUT2D eigenvalue weighted by molar-refractivity contribution is 0.658. The zero-order chi connectivity index (χ0) is 33.6. The minimum Gasteiger partial charge on any atom is -0.0683 e. The summed E-state index contributed by atoms with van der Waals surface area (Å²) < 4.78 is 0. The molecule has 6 aromatic carbocycles. The van der Waals surface area contributed by atoms with Crippen molar-refractivity contribution < 1.29 is 0 Å². The molecular weight excluding hydrogens is 565 g/mol. The molecule has 0 aliphatic heterocycles. The quantitative estimate of drug-likeness (QED) is 0.173. The van der Waals surface area contributed by atoms with Gasteiger partial charge >= 0.3 is 0 Å². The summed E-state index contributed by atoms with van der Waals surface area (Å²) in [5.74, 6) is 0. The maximum atomic E-state index is 2.52. The van der Waals surface area contributed by atoms with Gasteiger partial charge in [-0.1, -0.05) is 160 Å². The molecular formula is C47H50. The summed E-state index contributed by atoms with van der Waals surface area (Å²) >= 11 is 0. The molecule has 2 aliphatic rings. The number of hydrogen-bond acceptors (Lipinski definition) is 0. The Labute approximate surface area is 284 Å². The van der Waals surface area contributed by atoms with Crippen LogP contribution in [-0.2, 0) is 18.3 Å². The minimum atomic E-state index is 0.0334. The summed E-state index contributed by atoms with van der Waals surface area (Å²) in [5, 5.41) is 0. The van der Waals surface area contributed by atoms with Crippen LogP contribution in [0, 0.1) is 27.7 Å². The van der Waals surface area contributed by atoms with Gasteiger partial charge in [-0.05, 0) is 119 Å². The van der Waals surface area contributed by atoms with Gasteiger partial charge in [-0.25, -0.2) is 0 Å². The van der Waals surface area contributed by atoms with Crippen LogP contribution in [0.1, 0.15) is 72.2 Å². The highest BCUT2D eigenvalue weighted by Gasteiger charge is 2.37. The van der Waals surface area contributed by atoms with E-state index in [1.807, 2.05) is 50.2 Å². The Morgan fingerprint density at radius 2 is 0.851 bits per heavy atom. The van der Waals surface area contributed by atoms with Crippen molar-refractivity contribution in [1.29, 1.82) is 0 Å². The topological polar surface area (TPSA) is 0 Å². The molecule has 47 heavy (non-hydrogen) atoms. The first-order chi connectivity index (χ1) is 22.7. The molecule has 0 spiro atoms. The van der Waals surface area contributed by atoms with Gasteiger partial charge in [-0.15, -0.1) is 0 Å². The molecule has 0 amide bonds. The summed E-state index contributed by atoms with van der Waals surface area (Å²) in [5.41, 5.74) is 19.7. The fourth-order valence-electron chi connectivity index (χ4n) is 6.94. The summed E-state index contributed by atoms with van der Waals surface area (Å²) in [6, 6.07) is 48.1. The zero-order valence-corrected chi connectivity index (χ0v) is 29.6. The van der Waals surface area contributed by atoms with Gasteiger partial charge in [-0.2, -0.15) is 0 Å². The highest BCUT2D eigenvalue weighted by Crippen LogP contribution is 2.53. The van der Waals surface area contributed by atoms with Crippen LogP contribution in [0.25, 0.3) is 33.4 Å². The number of rotatable bonds is 1.